The molecule has 0 spiro atoms. The number of hydrogen-bond donors (Lipinski definition) is 1. The van der Waals surface area contributed by atoms with Gasteiger partial charge in [-0.05, 0) is 11.5 Å². The van der Waals surface area contributed by atoms with Crippen molar-refractivity contribution < 1.29 is 0 Å². The number of nitrogens with zero attached hydrogens (tertiary/aromatic N) is 3. The van der Waals surface area contributed by atoms with Crippen LogP contribution in [-0.4, -0.2) is 14.6 Å². The first-order valence-corrected chi connectivity index (χ1v) is 4.75. The quantitative estimate of drug-likeness (QED) is 0.776. The van der Waals surface area contributed by atoms with Gasteiger partial charge >= 0.3 is 0 Å². The molecule has 2 aromatic rings. The van der Waals surface area contributed by atoms with E-state index in [4.69, 9.17) is 5.73 Å². The van der Waals surface area contributed by atoms with Gasteiger partial charge in [-0.15, -0.1) is 0 Å². The first-order chi connectivity index (χ1) is 6.70. The van der Waals surface area contributed by atoms with Crippen molar-refractivity contribution in [1.82, 2.24) is 14.6 Å². The molecule has 2 heterocycles. The number of hydrogen-bond acceptors (Lipinski definition) is 3. The third-order valence-corrected chi connectivity index (χ3v) is 2.26. The molecule has 0 aliphatic carbocycles. The molecule has 0 saturated carbocycles. The van der Waals surface area contributed by atoms with Crippen LogP contribution in [0, 0.1) is 0 Å². The van der Waals surface area contributed by atoms with Crippen molar-refractivity contribution in [2.45, 2.75) is 26.3 Å². The first-order valence-electron chi connectivity index (χ1n) is 4.75. The second-order valence-electron chi connectivity index (χ2n) is 3.68. The summed E-state index contributed by atoms with van der Waals surface area (Å²) >= 11 is 0. The van der Waals surface area contributed by atoms with E-state index in [1.807, 2.05) is 18.5 Å². The van der Waals surface area contributed by atoms with Gasteiger partial charge in [-0.1, -0.05) is 13.8 Å². The van der Waals surface area contributed by atoms with Crippen molar-refractivity contribution >= 4 is 5.65 Å². The van der Waals surface area contributed by atoms with Crippen LogP contribution in [0.15, 0.2) is 18.5 Å². The number of nitrogens with two attached hydrogens (primary N) is 1. The lowest BCUT2D eigenvalue weighted by molar-refractivity contribution is 0.809. The SMILES string of the molecule is CC(C)c1cnc2cc(CN)nn2c1. The Balaban J connectivity index is 2.54. The highest BCUT2D eigenvalue weighted by molar-refractivity contribution is 5.39. The summed E-state index contributed by atoms with van der Waals surface area (Å²) in [5.41, 5.74) is 8.42. The Morgan fingerprint density at radius 2 is 2.29 bits per heavy atom. The van der Waals surface area contributed by atoms with E-state index in [1.54, 1.807) is 4.52 Å². The predicted molar refractivity (Wildman–Crippen MR) is 55.0 cm³/mol. The number of rotatable bonds is 2. The third-order valence-electron chi connectivity index (χ3n) is 2.26. The van der Waals surface area contributed by atoms with Crippen LogP contribution in [0.5, 0.6) is 0 Å². The minimum atomic E-state index is 0.459. The summed E-state index contributed by atoms with van der Waals surface area (Å²) in [7, 11) is 0. The molecule has 0 fully saturated rings. The lowest BCUT2D eigenvalue weighted by Crippen LogP contribution is -1.98. The molecule has 0 bridgehead atoms. The van der Waals surface area contributed by atoms with Crippen molar-refractivity contribution in [2.75, 3.05) is 0 Å². The van der Waals surface area contributed by atoms with Crippen molar-refractivity contribution in [2.24, 2.45) is 5.73 Å². The summed E-state index contributed by atoms with van der Waals surface area (Å²) in [6, 6.07) is 1.91. The van der Waals surface area contributed by atoms with Gasteiger partial charge in [-0.25, -0.2) is 9.50 Å². The average Bonchev–Trinajstić information content (AvgIpc) is 2.58. The molecule has 0 atom stereocenters. The Hall–Kier alpha value is -1.42. The van der Waals surface area contributed by atoms with Gasteiger partial charge in [0.25, 0.3) is 0 Å². The van der Waals surface area contributed by atoms with Gasteiger partial charge in [0.15, 0.2) is 5.65 Å². The summed E-state index contributed by atoms with van der Waals surface area (Å²) < 4.78 is 1.79. The van der Waals surface area contributed by atoms with Gasteiger partial charge in [-0.2, -0.15) is 5.10 Å². The molecule has 4 nitrogen and oxygen atoms in total. The molecule has 14 heavy (non-hydrogen) atoms. The highest BCUT2D eigenvalue weighted by atomic mass is 15.2. The molecule has 2 aromatic heterocycles. The van der Waals surface area contributed by atoms with Crippen molar-refractivity contribution in [1.29, 1.82) is 0 Å². The summed E-state index contributed by atoms with van der Waals surface area (Å²) in [5, 5.41) is 4.30. The second kappa shape index (κ2) is 3.38. The molecule has 0 aliphatic heterocycles. The summed E-state index contributed by atoms with van der Waals surface area (Å²) in [4.78, 5) is 4.32. The first kappa shape index (κ1) is 9.15. The standard InChI is InChI=1S/C10H14N4/c1-7(2)8-5-12-10-3-9(4-11)13-14(10)6-8/h3,5-7H,4,11H2,1-2H3. The van der Waals surface area contributed by atoms with Gasteiger partial charge in [-0.3, -0.25) is 0 Å². The molecule has 0 amide bonds. The zero-order valence-electron chi connectivity index (χ0n) is 8.44. The smallest absolute Gasteiger partial charge is 0.155 e. The topological polar surface area (TPSA) is 56.2 Å². The van der Waals surface area contributed by atoms with Crippen molar-refractivity contribution in [3.05, 3.63) is 29.7 Å². The second-order valence-corrected chi connectivity index (χ2v) is 3.68. The van der Waals surface area contributed by atoms with Crippen LogP contribution in [0.3, 0.4) is 0 Å². The Morgan fingerprint density at radius 3 is 2.93 bits per heavy atom. The zero-order chi connectivity index (χ0) is 10.1. The minimum Gasteiger partial charge on any atom is -0.325 e. The average molecular weight is 190 g/mol. The van der Waals surface area contributed by atoms with E-state index in [0.29, 0.717) is 12.5 Å². The Morgan fingerprint density at radius 1 is 1.50 bits per heavy atom. The molecule has 2 N–H and O–H groups in total. The fourth-order valence-corrected chi connectivity index (χ4v) is 1.34. The number of aromatic nitrogens is 3. The molecule has 74 valence electrons. The van der Waals surface area contributed by atoms with Crippen molar-refractivity contribution in [3.8, 4) is 0 Å². The van der Waals surface area contributed by atoms with E-state index in [0.717, 1.165) is 11.3 Å². The molecular formula is C10H14N4. The van der Waals surface area contributed by atoms with Gasteiger partial charge in [0.1, 0.15) is 0 Å². The number of fused-ring (bicyclic) bond motifs is 1. The van der Waals surface area contributed by atoms with Crippen LogP contribution in [0.4, 0.5) is 0 Å². The fourth-order valence-electron chi connectivity index (χ4n) is 1.34. The molecule has 0 radical (unpaired) electrons. The summed E-state index contributed by atoms with van der Waals surface area (Å²) in [6.45, 7) is 4.73. The lowest BCUT2D eigenvalue weighted by atomic mass is 10.1. The largest absolute Gasteiger partial charge is 0.325 e. The fraction of sp³-hybridized carbons (Fsp3) is 0.400. The van der Waals surface area contributed by atoms with Crippen LogP contribution < -0.4 is 5.73 Å². The maximum Gasteiger partial charge on any atom is 0.155 e. The molecular weight excluding hydrogens is 176 g/mol. The van der Waals surface area contributed by atoms with Gasteiger partial charge in [0.2, 0.25) is 0 Å². The maximum atomic E-state index is 5.51. The molecule has 2 rings (SSSR count). The normalized spacial score (nSPS) is 11.4. The van der Waals surface area contributed by atoms with Crippen LogP contribution in [0.25, 0.3) is 5.65 Å². The van der Waals surface area contributed by atoms with Crippen molar-refractivity contribution in [3.63, 3.8) is 0 Å². The van der Waals surface area contributed by atoms with Gasteiger partial charge in [0, 0.05) is 25.0 Å². The van der Waals surface area contributed by atoms with E-state index in [9.17, 15) is 0 Å². The highest BCUT2D eigenvalue weighted by Gasteiger charge is 2.04. The van der Waals surface area contributed by atoms with Crippen LogP contribution in [0.1, 0.15) is 31.0 Å². The lowest BCUT2D eigenvalue weighted by Gasteiger charge is -2.03. The molecule has 4 heteroatoms. The molecule has 0 saturated heterocycles. The zero-order valence-corrected chi connectivity index (χ0v) is 8.44. The van der Waals surface area contributed by atoms with Gasteiger partial charge in [0.05, 0.1) is 5.69 Å². The van der Waals surface area contributed by atoms with E-state index in [2.05, 4.69) is 23.9 Å². The van der Waals surface area contributed by atoms with Crippen LogP contribution >= 0.6 is 0 Å². The third kappa shape index (κ3) is 1.48. The van der Waals surface area contributed by atoms with E-state index in [-0.39, 0.29) is 0 Å². The monoisotopic (exact) mass is 190 g/mol. The molecule has 0 aromatic carbocycles. The molecule has 0 aliphatic rings. The highest BCUT2D eigenvalue weighted by Crippen LogP contribution is 2.13. The Kier molecular flexibility index (Phi) is 2.21. The summed E-state index contributed by atoms with van der Waals surface area (Å²) in [6.07, 6.45) is 3.90. The van der Waals surface area contributed by atoms with E-state index in [1.165, 1.54) is 5.56 Å². The Labute approximate surface area is 82.8 Å². The molecule has 0 unspecified atom stereocenters. The predicted octanol–water partition coefficient (Wildman–Crippen LogP) is 1.31. The summed E-state index contributed by atoms with van der Waals surface area (Å²) in [5.74, 6) is 0.470. The van der Waals surface area contributed by atoms with E-state index < -0.39 is 0 Å². The van der Waals surface area contributed by atoms with E-state index >= 15 is 0 Å². The minimum absolute atomic E-state index is 0.459. The van der Waals surface area contributed by atoms with Crippen LogP contribution in [0.2, 0.25) is 0 Å². The maximum absolute atomic E-state index is 5.51. The Bertz CT molecular complexity index is 444. The van der Waals surface area contributed by atoms with Gasteiger partial charge < -0.3 is 5.73 Å². The van der Waals surface area contributed by atoms with Crippen LogP contribution in [-0.2, 0) is 6.54 Å².